The van der Waals surface area contributed by atoms with Crippen molar-refractivity contribution < 1.29 is 5.11 Å². The fourth-order valence-electron chi connectivity index (χ4n) is 2.33. The molecule has 6 heteroatoms. The van der Waals surface area contributed by atoms with Crippen LogP contribution in [0.1, 0.15) is 6.42 Å². The number of halogens is 1. The molecule has 4 N–H and O–H groups in total. The molecule has 0 aliphatic carbocycles. The molecule has 0 aliphatic heterocycles. The van der Waals surface area contributed by atoms with Gasteiger partial charge in [0.1, 0.15) is 11.6 Å². The van der Waals surface area contributed by atoms with E-state index in [1.54, 1.807) is 12.3 Å². The van der Waals surface area contributed by atoms with Gasteiger partial charge in [-0.1, -0.05) is 0 Å². The highest BCUT2D eigenvalue weighted by Gasteiger charge is 2.09. The predicted molar refractivity (Wildman–Crippen MR) is 96.5 cm³/mol. The molecule has 0 atom stereocenters. The number of phenolic OH excluding ortho intramolecular Hbond substituents is 1. The van der Waals surface area contributed by atoms with Gasteiger partial charge in [-0.05, 0) is 65.3 Å². The van der Waals surface area contributed by atoms with Crippen molar-refractivity contribution in [2.75, 3.05) is 18.4 Å². The molecule has 118 valence electrons. The maximum atomic E-state index is 9.66. The third-order valence-corrected chi connectivity index (χ3v) is 4.15. The number of aromatic hydroxyl groups is 1. The summed E-state index contributed by atoms with van der Waals surface area (Å²) in [4.78, 5) is 9.15. The highest BCUT2D eigenvalue weighted by molar-refractivity contribution is 9.10. The van der Waals surface area contributed by atoms with Crippen molar-refractivity contribution in [1.82, 2.24) is 9.97 Å². The molecule has 0 radical (unpaired) electrons. The molecular weight excluding hydrogens is 356 g/mol. The SMILES string of the molecule is NCCCNc1nc(-c2ccc(O)c(Br)c2)cc2ncccc12. The minimum atomic E-state index is 0.203. The van der Waals surface area contributed by atoms with Crippen LogP contribution in [0, 0.1) is 0 Å². The Bertz CT molecular complexity index is 838. The summed E-state index contributed by atoms with van der Waals surface area (Å²) in [6.45, 7) is 1.39. The minimum Gasteiger partial charge on any atom is -0.507 e. The molecule has 1 aromatic carbocycles. The number of aromatic nitrogens is 2. The molecule has 3 aromatic rings. The third-order valence-electron chi connectivity index (χ3n) is 3.52. The number of benzene rings is 1. The second kappa shape index (κ2) is 6.93. The molecule has 0 saturated heterocycles. The van der Waals surface area contributed by atoms with Gasteiger partial charge in [-0.2, -0.15) is 0 Å². The summed E-state index contributed by atoms with van der Waals surface area (Å²) in [5.41, 5.74) is 8.13. The average molecular weight is 373 g/mol. The molecular formula is C17H17BrN4O. The van der Waals surface area contributed by atoms with E-state index in [0.29, 0.717) is 11.0 Å². The Balaban J connectivity index is 2.08. The number of anilines is 1. The Morgan fingerprint density at radius 2 is 2.09 bits per heavy atom. The summed E-state index contributed by atoms with van der Waals surface area (Å²) in [7, 11) is 0. The number of fused-ring (bicyclic) bond motifs is 1. The first kappa shape index (κ1) is 15.7. The fraction of sp³-hybridized carbons (Fsp3) is 0.176. The van der Waals surface area contributed by atoms with E-state index in [2.05, 4.69) is 26.2 Å². The summed E-state index contributed by atoms with van der Waals surface area (Å²) < 4.78 is 0.635. The molecule has 2 heterocycles. The zero-order chi connectivity index (χ0) is 16.2. The van der Waals surface area contributed by atoms with E-state index in [-0.39, 0.29) is 5.75 Å². The van der Waals surface area contributed by atoms with Gasteiger partial charge in [-0.15, -0.1) is 0 Å². The maximum absolute atomic E-state index is 9.66. The van der Waals surface area contributed by atoms with Crippen LogP contribution < -0.4 is 11.1 Å². The van der Waals surface area contributed by atoms with Crippen LogP contribution in [0.4, 0.5) is 5.82 Å². The second-order valence-corrected chi connectivity index (χ2v) is 6.02. The van der Waals surface area contributed by atoms with Gasteiger partial charge in [0.25, 0.3) is 0 Å². The molecule has 23 heavy (non-hydrogen) atoms. The van der Waals surface area contributed by atoms with Crippen LogP contribution in [-0.2, 0) is 0 Å². The van der Waals surface area contributed by atoms with Gasteiger partial charge in [0.05, 0.1) is 15.7 Å². The van der Waals surface area contributed by atoms with Crippen molar-refractivity contribution in [2.45, 2.75) is 6.42 Å². The molecule has 0 amide bonds. The van der Waals surface area contributed by atoms with Gasteiger partial charge < -0.3 is 16.2 Å². The molecule has 0 bridgehead atoms. The van der Waals surface area contributed by atoms with Crippen molar-refractivity contribution in [1.29, 1.82) is 0 Å². The lowest BCUT2D eigenvalue weighted by molar-refractivity contribution is 0.472. The largest absolute Gasteiger partial charge is 0.507 e. The van der Waals surface area contributed by atoms with Gasteiger partial charge in [0.15, 0.2) is 0 Å². The summed E-state index contributed by atoms with van der Waals surface area (Å²) in [5.74, 6) is 0.997. The number of pyridine rings is 2. The van der Waals surface area contributed by atoms with Crippen LogP contribution in [-0.4, -0.2) is 28.2 Å². The Hall–Kier alpha value is -2.18. The van der Waals surface area contributed by atoms with E-state index in [4.69, 9.17) is 10.7 Å². The summed E-state index contributed by atoms with van der Waals surface area (Å²) in [5, 5.41) is 14.0. The van der Waals surface area contributed by atoms with Crippen molar-refractivity contribution in [3.05, 3.63) is 47.1 Å². The quantitative estimate of drug-likeness (QED) is 0.596. The molecule has 0 unspecified atom stereocenters. The second-order valence-electron chi connectivity index (χ2n) is 5.16. The van der Waals surface area contributed by atoms with E-state index >= 15 is 0 Å². The molecule has 0 spiro atoms. The molecule has 0 fully saturated rings. The van der Waals surface area contributed by atoms with Crippen LogP contribution in [0.25, 0.3) is 22.2 Å². The number of hydrogen-bond acceptors (Lipinski definition) is 5. The zero-order valence-electron chi connectivity index (χ0n) is 12.5. The maximum Gasteiger partial charge on any atom is 0.136 e. The molecule has 3 rings (SSSR count). The number of hydrogen-bond donors (Lipinski definition) is 3. The lowest BCUT2D eigenvalue weighted by atomic mass is 10.1. The lowest BCUT2D eigenvalue weighted by Gasteiger charge is -2.11. The van der Waals surface area contributed by atoms with Gasteiger partial charge in [0.2, 0.25) is 0 Å². The first-order chi connectivity index (χ1) is 11.2. The fourth-order valence-corrected chi connectivity index (χ4v) is 2.71. The van der Waals surface area contributed by atoms with E-state index < -0.39 is 0 Å². The van der Waals surface area contributed by atoms with Crippen molar-refractivity contribution in [3.63, 3.8) is 0 Å². The Kier molecular flexibility index (Phi) is 4.73. The smallest absolute Gasteiger partial charge is 0.136 e. The number of rotatable bonds is 5. The van der Waals surface area contributed by atoms with Gasteiger partial charge in [-0.25, -0.2) is 4.98 Å². The summed E-state index contributed by atoms with van der Waals surface area (Å²) in [6.07, 6.45) is 2.64. The highest BCUT2D eigenvalue weighted by atomic mass is 79.9. The van der Waals surface area contributed by atoms with Crippen molar-refractivity contribution >= 4 is 32.7 Å². The standard InChI is InChI=1S/C17H17BrN4O/c18-13-9-11(4-5-16(13)23)14-10-15-12(3-1-7-20-15)17(22-14)21-8-2-6-19/h1,3-5,7,9-10,23H,2,6,8,19H2,(H,21,22). The first-order valence-corrected chi connectivity index (χ1v) is 8.17. The monoisotopic (exact) mass is 372 g/mol. The van der Waals surface area contributed by atoms with E-state index in [1.165, 1.54) is 0 Å². The molecule has 0 saturated carbocycles. The minimum absolute atomic E-state index is 0.203. The number of phenols is 1. The Labute approximate surface area is 142 Å². The Morgan fingerprint density at radius 1 is 1.22 bits per heavy atom. The number of nitrogens with two attached hydrogens (primary N) is 1. The van der Waals surface area contributed by atoms with Crippen LogP contribution >= 0.6 is 15.9 Å². The van der Waals surface area contributed by atoms with Crippen LogP contribution in [0.15, 0.2) is 47.1 Å². The van der Waals surface area contributed by atoms with Gasteiger partial charge in [-0.3, -0.25) is 4.98 Å². The summed E-state index contributed by atoms with van der Waals surface area (Å²) in [6, 6.07) is 11.2. The topological polar surface area (TPSA) is 84.1 Å². The van der Waals surface area contributed by atoms with Gasteiger partial charge >= 0.3 is 0 Å². The van der Waals surface area contributed by atoms with E-state index in [1.807, 2.05) is 30.3 Å². The zero-order valence-corrected chi connectivity index (χ0v) is 14.0. The molecule has 0 aliphatic rings. The van der Waals surface area contributed by atoms with E-state index in [9.17, 15) is 5.11 Å². The molecule has 5 nitrogen and oxygen atoms in total. The van der Waals surface area contributed by atoms with Crippen LogP contribution in [0.2, 0.25) is 0 Å². The Morgan fingerprint density at radius 3 is 2.87 bits per heavy atom. The average Bonchev–Trinajstić information content (AvgIpc) is 2.57. The molecule has 2 aromatic heterocycles. The van der Waals surface area contributed by atoms with Crippen molar-refractivity contribution in [2.24, 2.45) is 5.73 Å². The van der Waals surface area contributed by atoms with Crippen LogP contribution in [0.3, 0.4) is 0 Å². The third kappa shape index (κ3) is 3.43. The lowest BCUT2D eigenvalue weighted by Crippen LogP contribution is -2.10. The predicted octanol–water partition coefficient (Wildman–Crippen LogP) is 3.53. The van der Waals surface area contributed by atoms with E-state index in [0.717, 1.165) is 40.9 Å². The highest BCUT2D eigenvalue weighted by Crippen LogP contribution is 2.31. The van der Waals surface area contributed by atoms with Gasteiger partial charge in [0, 0.05) is 23.7 Å². The normalized spacial score (nSPS) is 10.9. The number of nitrogens with one attached hydrogen (secondary N) is 1. The van der Waals surface area contributed by atoms with Crippen LogP contribution in [0.5, 0.6) is 5.75 Å². The summed E-state index contributed by atoms with van der Waals surface area (Å²) >= 11 is 3.34. The number of nitrogens with zero attached hydrogens (tertiary/aromatic N) is 2. The first-order valence-electron chi connectivity index (χ1n) is 7.37. The van der Waals surface area contributed by atoms with Crippen molar-refractivity contribution in [3.8, 4) is 17.0 Å².